The minimum absolute atomic E-state index is 0.0200. The predicted molar refractivity (Wildman–Crippen MR) is 132 cm³/mol. The number of ether oxygens (including phenoxy) is 1. The summed E-state index contributed by atoms with van der Waals surface area (Å²) in [7, 11) is -4.79. The van der Waals surface area contributed by atoms with E-state index in [-0.39, 0.29) is 23.4 Å². The molecule has 0 spiro atoms. The number of hydroxylamine groups is 1. The molecule has 4 rings (SSSR count). The summed E-state index contributed by atoms with van der Waals surface area (Å²) in [4.78, 5) is 25.4. The first-order valence-corrected chi connectivity index (χ1v) is 13.3. The number of carbonyl (C=O) groups is 2. The summed E-state index contributed by atoms with van der Waals surface area (Å²) in [5, 5.41) is 9.54. The van der Waals surface area contributed by atoms with Crippen molar-refractivity contribution in [3.63, 3.8) is 0 Å². The lowest BCUT2D eigenvalue weighted by atomic mass is 10.1. The van der Waals surface area contributed by atoms with Gasteiger partial charge in [0.05, 0.1) is 4.90 Å². The highest BCUT2D eigenvalue weighted by Gasteiger charge is 2.42. The lowest BCUT2D eigenvalue weighted by molar-refractivity contribution is -0.134. The van der Waals surface area contributed by atoms with Crippen LogP contribution >= 0.6 is 11.6 Å². The van der Waals surface area contributed by atoms with E-state index in [0.717, 1.165) is 17.0 Å². The number of amides is 2. The third-order valence-corrected chi connectivity index (χ3v) is 8.31. The van der Waals surface area contributed by atoms with E-state index in [9.17, 15) is 40.8 Å². The average molecular weight is 602 g/mol. The maximum absolute atomic E-state index is 14.8. The van der Waals surface area contributed by atoms with Gasteiger partial charge in [0.25, 0.3) is 11.8 Å². The Morgan fingerprint density at radius 1 is 0.975 bits per heavy atom. The fraction of sp³-hybridized carbons (Fsp3) is 0.200. The van der Waals surface area contributed by atoms with Gasteiger partial charge in [-0.25, -0.2) is 31.5 Å². The molecule has 0 aliphatic carbocycles. The third-order valence-electron chi connectivity index (χ3n) is 6.17. The molecule has 0 aromatic heterocycles. The zero-order valence-corrected chi connectivity index (χ0v) is 22.1. The number of nitrogens with zero attached hydrogens (tertiary/aromatic N) is 2. The van der Waals surface area contributed by atoms with E-state index in [2.05, 4.69) is 0 Å². The van der Waals surface area contributed by atoms with Gasteiger partial charge in [-0.1, -0.05) is 11.6 Å². The lowest BCUT2D eigenvalue weighted by Gasteiger charge is -2.39. The Morgan fingerprint density at radius 2 is 1.55 bits per heavy atom. The number of piperazine rings is 1. The van der Waals surface area contributed by atoms with Crippen LogP contribution in [0.1, 0.15) is 15.9 Å². The van der Waals surface area contributed by atoms with Gasteiger partial charge in [-0.15, -0.1) is 0 Å². The van der Waals surface area contributed by atoms with Gasteiger partial charge in [-0.2, -0.15) is 4.31 Å². The van der Waals surface area contributed by atoms with E-state index < -0.39 is 74.9 Å². The summed E-state index contributed by atoms with van der Waals surface area (Å²) in [5.74, 6) is -7.74. The maximum Gasteiger partial charge on any atom is 0.263 e. The number of hydrogen-bond donors (Lipinski definition) is 2. The smallest absolute Gasteiger partial charge is 0.263 e. The Kier molecular flexibility index (Phi) is 8.35. The van der Waals surface area contributed by atoms with E-state index in [1.807, 2.05) is 0 Å². The molecule has 0 bridgehead atoms. The molecule has 0 radical (unpaired) electrons. The van der Waals surface area contributed by atoms with Crippen LogP contribution in [0.3, 0.4) is 0 Å². The lowest BCUT2D eigenvalue weighted by Crippen LogP contribution is -2.61. The van der Waals surface area contributed by atoms with Crippen LogP contribution in [0.15, 0.2) is 53.4 Å². The number of carbonyl (C=O) groups excluding carboxylic acids is 2. The van der Waals surface area contributed by atoms with Crippen molar-refractivity contribution >= 4 is 33.4 Å². The summed E-state index contributed by atoms with van der Waals surface area (Å²) in [5.41, 5.74) is 0.596. The number of halogens is 5. The summed E-state index contributed by atoms with van der Waals surface area (Å²) in [6, 6.07) is 6.31. The molecular weight excluding hydrogens is 582 g/mol. The molecule has 1 heterocycles. The highest BCUT2D eigenvalue weighted by Crippen LogP contribution is 2.32. The number of hydrogen-bond acceptors (Lipinski definition) is 6. The van der Waals surface area contributed by atoms with E-state index in [0.29, 0.717) is 21.5 Å². The SMILES string of the molecule is Cc1c(F)cc(C(=O)N2CCN(S(=O)(=O)c3cc(F)c(Oc4ccc(Cl)cc4)c(F)c3)[C@@H](C(=O)NO)C2)cc1F. The summed E-state index contributed by atoms with van der Waals surface area (Å²) >= 11 is 5.77. The predicted octanol–water partition coefficient (Wildman–Crippen LogP) is 4.02. The molecule has 1 saturated heterocycles. The molecule has 2 N–H and O–H groups in total. The fourth-order valence-electron chi connectivity index (χ4n) is 4.02. The van der Waals surface area contributed by atoms with Gasteiger partial charge in [-0.3, -0.25) is 14.8 Å². The van der Waals surface area contributed by atoms with Gasteiger partial charge in [-0.05, 0) is 55.5 Å². The van der Waals surface area contributed by atoms with Crippen molar-refractivity contribution < 1.29 is 45.5 Å². The molecular formula is C25H20ClF4N3O6S. The van der Waals surface area contributed by atoms with Gasteiger partial charge in [0.15, 0.2) is 17.4 Å². The number of sulfonamides is 1. The van der Waals surface area contributed by atoms with Crippen LogP contribution in [0.4, 0.5) is 17.6 Å². The van der Waals surface area contributed by atoms with Crippen molar-refractivity contribution in [2.75, 3.05) is 19.6 Å². The normalized spacial score (nSPS) is 16.1. The Morgan fingerprint density at radius 3 is 2.10 bits per heavy atom. The first-order valence-electron chi connectivity index (χ1n) is 11.5. The molecule has 1 fully saturated rings. The van der Waals surface area contributed by atoms with Crippen molar-refractivity contribution in [2.24, 2.45) is 0 Å². The largest absolute Gasteiger partial charge is 0.451 e. The molecule has 9 nitrogen and oxygen atoms in total. The molecule has 1 aliphatic rings. The first-order chi connectivity index (χ1) is 18.8. The summed E-state index contributed by atoms with van der Waals surface area (Å²) < 4.78 is 90.1. The minimum Gasteiger partial charge on any atom is -0.451 e. The van der Waals surface area contributed by atoms with Crippen LogP contribution in [0.2, 0.25) is 5.02 Å². The Balaban J connectivity index is 1.62. The second kappa shape index (κ2) is 11.4. The minimum atomic E-state index is -4.79. The molecule has 15 heteroatoms. The van der Waals surface area contributed by atoms with E-state index >= 15 is 0 Å². The van der Waals surface area contributed by atoms with E-state index in [4.69, 9.17) is 16.3 Å². The zero-order chi connectivity index (χ0) is 29.4. The molecule has 2 amide bonds. The van der Waals surface area contributed by atoms with Crippen LogP contribution < -0.4 is 10.2 Å². The monoisotopic (exact) mass is 601 g/mol. The molecule has 0 saturated carbocycles. The van der Waals surface area contributed by atoms with Crippen molar-refractivity contribution in [2.45, 2.75) is 17.9 Å². The topological polar surface area (TPSA) is 116 Å². The molecule has 1 aliphatic heterocycles. The highest BCUT2D eigenvalue weighted by molar-refractivity contribution is 7.89. The molecule has 3 aromatic rings. The van der Waals surface area contributed by atoms with Crippen LogP contribution in [0.5, 0.6) is 11.5 Å². The highest BCUT2D eigenvalue weighted by atomic mass is 35.5. The third kappa shape index (κ3) is 5.75. The standard InChI is InChI=1S/C25H20ClF4N3O6S/c1-13-18(27)8-14(9-19(13)28)25(35)32-6-7-33(22(12-32)24(34)31-36)40(37,38)17-10-20(29)23(21(30)11-17)39-16-4-2-15(26)3-5-16/h2-5,8-11,22,36H,6-7,12H2,1H3,(H,31,34)/t22-/m1/s1. The molecule has 212 valence electrons. The van der Waals surface area contributed by atoms with Crippen LogP contribution in [0.25, 0.3) is 0 Å². The molecule has 1 atom stereocenters. The van der Waals surface area contributed by atoms with Crippen molar-refractivity contribution in [3.8, 4) is 11.5 Å². The van der Waals surface area contributed by atoms with Gasteiger partial charge >= 0.3 is 0 Å². The van der Waals surface area contributed by atoms with Gasteiger partial charge in [0, 0.05) is 35.8 Å². The van der Waals surface area contributed by atoms with Gasteiger partial charge < -0.3 is 9.64 Å². The second-order valence-corrected chi connectivity index (χ2v) is 11.0. The number of benzene rings is 3. The van der Waals surface area contributed by atoms with Crippen LogP contribution in [-0.2, 0) is 14.8 Å². The molecule has 40 heavy (non-hydrogen) atoms. The maximum atomic E-state index is 14.8. The van der Waals surface area contributed by atoms with E-state index in [1.54, 1.807) is 0 Å². The molecule has 3 aromatic carbocycles. The fourth-order valence-corrected chi connectivity index (χ4v) is 5.74. The average Bonchev–Trinajstić information content (AvgIpc) is 2.93. The molecule has 0 unspecified atom stereocenters. The van der Waals surface area contributed by atoms with Gasteiger partial charge in [0.1, 0.15) is 23.4 Å². The number of rotatable bonds is 6. The Labute approximate surface area is 230 Å². The summed E-state index contributed by atoms with van der Waals surface area (Å²) in [6.07, 6.45) is 0. The zero-order valence-electron chi connectivity index (χ0n) is 20.5. The Hall–Kier alpha value is -3.72. The van der Waals surface area contributed by atoms with Crippen molar-refractivity contribution in [1.29, 1.82) is 0 Å². The summed E-state index contributed by atoms with van der Waals surface area (Å²) in [6.45, 7) is -0.390. The van der Waals surface area contributed by atoms with Crippen LogP contribution in [-0.4, -0.2) is 60.3 Å². The van der Waals surface area contributed by atoms with Crippen LogP contribution in [0, 0.1) is 30.2 Å². The quantitative estimate of drug-likeness (QED) is 0.251. The van der Waals surface area contributed by atoms with Gasteiger partial charge in [0.2, 0.25) is 10.0 Å². The second-order valence-electron chi connectivity index (χ2n) is 8.70. The van der Waals surface area contributed by atoms with Crippen molar-refractivity contribution in [3.05, 3.63) is 87.9 Å². The van der Waals surface area contributed by atoms with E-state index in [1.165, 1.54) is 36.7 Å². The van der Waals surface area contributed by atoms with Crippen molar-refractivity contribution in [1.82, 2.24) is 14.7 Å². The number of nitrogens with one attached hydrogen (secondary N) is 1. The first kappa shape index (κ1) is 29.3. The Bertz CT molecular complexity index is 1540.